The third kappa shape index (κ3) is 7.34. The summed E-state index contributed by atoms with van der Waals surface area (Å²) in [5, 5.41) is 14.7. The van der Waals surface area contributed by atoms with Crippen LogP contribution in [0.15, 0.2) is 0 Å². The van der Waals surface area contributed by atoms with E-state index in [0.29, 0.717) is 13.1 Å². The summed E-state index contributed by atoms with van der Waals surface area (Å²) in [4.78, 5) is 22.7. The van der Waals surface area contributed by atoms with Gasteiger partial charge in [-0.05, 0) is 25.2 Å². The molecule has 0 bridgehead atoms. The summed E-state index contributed by atoms with van der Waals surface area (Å²) in [6.45, 7) is 3.37. The molecule has 2 amide bonds. The Kier molecular flexibility index (Phi) is 8.87. The van der Waals surface area contributed by atoms with Crippen molar-refractivity contribution in [2.75, 3.05) is 13.1 Å². The zero-order valence-electron chi connectivity index (χ0n) is 13.2. The van der Waals surface area contributed by atoms with Crippen LogP contribution in [-0.2, 0) is 4.79 Å². The van der Waals surface area contributed by atoms with E-state index in [-0.39, 0.29) is 17.9 Å². The third-order valence-corrected chi connectivity index (χ3v) is 4.32. The zero-order valence-corrected chi connectivity index (χ0v) is 13.2. The number of hydrogen-bond donors (Lipinski definition) is 3. The van der Waals surface area contributed by atoms with E-state index >= 15 is 0 Å². The Morgan fingerprint density at radius 3 is 2.48 bits per heavy atom. The van der Waals surface area contributed by atoms with Crippen LogP contribution in [0, 0.1) is 11.8 Å². The molecule has 1 aliphatic rings. The molecular formula is C16H30N2O3. The van der Waals surface area contributed by atoms with Crippen LogP contribution >= 0.6 is 0 Å². The first kappa shape index (κ1) is 17.8. The standard InChI is InChI=1S/C16H30N2O3/c1-2-3-4-5-6-7-11-17-16(21)18-12-13-9-8-10-14(13)15(19)20/h13-14H,2-12H2,1H3,(H,19,20)(H2,17,18,21). The highest BCUT2D eigenvalue weighted by atomic mass is 16.4. The van der Waals surface area contributed by atoms with Crippen LogP contribution in [0.25, 0.3) is 0 Å². The molecule has 122 valence electrons. The van der Waals surface area contributed by atoms with Crippen molar-refractivity contribution in [3.05, 3.63) is 0 Å². The Morgan fingerprint density at radius 2 is 1.76 bits per heavy atom. The minimum Gasteiger partial charge on any atom is -0.481 e. The second-order valence-electron chi connectivity index (χ2n) is 6.04. The highest BCUT2D eigenvalue weighted by molar-refractivity contribution is 5.74. The van der Waals surface area contributed by atoms with E-state index < -0.39 is 5.97 Å². The second-order valence-corrected chi connectivity index (χ2v) is 6.04. The molecule has 1 aliphatic carbocycles. The lowest BCUT2D eigenvalue weighted by atomic mass is 9.96. The van der Waals surface area contributed by atoms with E-state index in [1.807, 2.05) is 0 Å². The smallest absolute Gasteiger partial charge is 0.314 e. The van der Waals surface area contributed by atoms with Crippen molar-refractivity contribution >= 4 is 12.0 Å². The van der Waals surface area contributed by atoms with E-state index in [1.165, 1.54) is 25.7 Å². The Hall–Kier alpha value is -1.26. The fraction of sp³-hybridized carbons (Fsp3) is 0.875. The summed E-state index contributed by atoms with van der Waals surface area (Å²) < 4.78 is 0. The molecule has 1 saturated carbocycles. The first-order valence-electron chi connectivity index (χ1n) is 8.39. The van der Waals surface area contributed by atoms with Crippen molar-refractivity contribution < 1.29 is 14.7 Å². The highest BCUT2D eigenvalue weighted by Crippen LogP contribution is 2.31. The molecule has 5 heteroatoms. The molecule has 0 aliphatic heterocycles. The van der Waals surface area contributed by atoms with Gasteiger partial charge in [-0.1, -0.05) is 45.4 Å². The third-order valence-electron chi connectivity index (χ3n) is 4.32. The van der Waals surface area contributed by atoms with Gasteiger partial charge in [0.05, 0.1) is 5.92 Å². The number of carbonyl (C=O) groups is 2. The van der Waals surface area contributed by atoms with E-state index in [4.69, 9.17) is 5.11 Å². The Bertz CT molecular complexity index is 321. The predicted octanol–water partition coefficient (Wildman–Crippen LogP) is 3.15. The van der Waals surface area contributed by atoms with Crippen LogP contribution in [0.3, 0.4) is 0 Å². The normalized spacial score (nSPS) is 21.2. The van der Waals surface area contributed by atoms with E-state index in [9.17, 15) is 9.59 Å². The number of hydrogen-bond acceptors (Lipinski definition) is 2. The van der Waals surface area contributed by atoms with Crippen molar-refractivity contribution in [2.24, 2.45) is 11.8 Å². The molecule has 0 heterocycles. The lowest BCUT2D eigenvalue weighted by molar-refractivity contribution is -0.142. The molecule has 0 spiro atoms. The van der Waals surface area contributed by atoms with Gasteiger partial charge in [-0.3, -0.25) is 4.79 Å². The summed E-state index contributed by atoms with van der Waals surface area (Å²) in [5.74, 6) is -0.932. The molecule has 0 radical (unpaired) electrons. The van der Waals surface area contributed by atoms with Crippen LogP contribution in [0.5, 0.6) is 0 Å². The maximum Gasteiger partial charge on any atom is 0.314 e. The Balaban J connectivity index is 2.02. The average molecular weight is 298 g/mol. The second kappa shape index (κ2) is 10.5. The average Bonchev–Trinajstić information content (AvgIpc) is 2.93. The van der Waals surface area contributed by atoms with Crippen molar-refractivity contribution in [2.45, 2.75) is 64.7 Å². The molecule has 2 unspecified atom stereocenters. The number of rotatable bonds is 10. The van der Waals surface area contributed by atoms with Crippen molar-refractivity contribution in [3.63, 3.8) is 0 Å². The van der Waals surface area contributed by atoms with Crippen LogP contribution in [0.2, 0.25) is 0 Å². The van der Waals surface area contributed by atoms with Crippen molar-refractivity contribution in [3.8, 4) is 0 Å². The molecule has 0 aromatic rings. The van der Waals surface area contributed by atoms with Gasteiger partial charge in [-0.25, -0.2) is 4.79 Å². The van der Waals surface area contributed by atoms with Crippen molar-refractivity contribution in [1.82, 2.24) is 10.6 Å². The Morgan fingerprint density at radius 1 is 1.05 bits per heavy atom. The monoisotopic (exact) mass is 298 g/mol. The van der Waals surface area contributed by atoms with Crippen LogP contribution in [-0.4, -0.2) is 30.2 Å². The number of carbonyl (C=O) groups excluding carboxylic acids is 1. The summed E-state index contributed by atoms with van der Waals surface area (Å²) in [6, 6.07) is -0.167. The highest BCUT2D eigenvalue weighted by Gasteiger charge is 2.32. The number of unbranched alkanes of at least 4 members (excludes halogenated alkanes) is 5. The van der Waals surface area contributed by atoms with Crippen LogP contribution < -0.4 is 10.6 Å². The molecule has 3 N–H and O–H groups in total. The number of carboxylic acid groups (broad SMARTS) is 1. The number of urea groups is 1. The van der Waals surface area contributed by atoms with E-state index in [2.05, 4.69) is 17.6 Å². The van der Waals surface area contributed by atoms with Crippen LogP contribution in [0.1, 0.15) is 64.7 Å². The SMILES string of the molecule is CCCCCCCCNC(=O)NCC1CCCC1C(=O)O. The summed E-state index contributed by atoms with van der Waals surface area (Å²) >= 11 is 0. The minimum absolute atomic E-state index is 0.0855. The van der Waals surface area contributed by atoms with E-state index in [0.717, 1.165) is 32.1 Å². The first-order chi connectivity index (χ1) is 10.1. The number of amides is 2. The first-order valence-corrected chi connectivity index (χ1v) is 8.39. The van der Waals surface area contributed by atoms with Crippen LogP contribution in [0.4, 0.5) is 4.79 Å². The van der Waals surface area contributed by atoms with Gasteiger partial charge in [-0.15, -0.1) is 0 Å². The van der Waals surface area contributed by atoms with Gasteiger partial charge in [0.2, 0.25) is 0 Å². The molecule has 2 atom stereocenters. The van der Waals surface area contributed by atoms with Gasteiger partial charge in [0.1, 0.15) is 0 Å². The molecule has 0 aromatic heterocycles. The fourth-order valence-corrected chi connectivity index (χ4v) is 3.00. The molecule has 0 aromatic carbocycles. The molecule has 1 rings (SSSR count). The molecule has 5 nitrogen and oxygen atoms in total. The summed E-state index contributed by atoms with van der Waals surface area (Å²) in [6.07, 6.45) is 9.81. The number of carboxylic acids is 1. The van der Waals surface area contributed by atoms with Gasteiger partial charge in [-0.2, -0.15) is 0 Å². The van der Waals surface area contributed by atoms with Crippen molar-refractivity contribution in [1.29, 1.82) is 0 Å². The quantitative estimate of drug-likeness (QED) is 0.542. The van der Waals surface area contributed by atoms with Gasteiger partial charge < -0.3 is 15.7 Å². The molecular weight excluding hydrogens is 268 g/mol. The molecule has 1 fully saturated rings. The maximum absolute atomic E-state index is 11.6. The Labute approximate surface area is 127 Å². The minimum atomic E-state index is -0.730. The number of aliphatic carboxylic acids is 1. The summed E-state index contributed by atoms with van der Waals surface area (Å²) in [5.41, 5.74) is 0. The van der Waals surface area contributed by atoms with Gasteiger partial charge in [0.25, 0.3) is 0 Å². The van der Waals surface area contributed by atoms with Gasteiger partial charge >= 0.3 is 12.0 Å². The zero-order chi connectivity index (χ0) is 15.5. The van der Waals surface area contributed by atoms with E-state index in [1.54, 1.807) is 0 Å². The topological polar surface area (TPSA) is 78.4 Å². The van der Waals surface area contributed by atoms with Gasteiger partial charge in [0.15, 0.2) is 0 Å². The number of nitrogens with one attached hydrogen (secondary N) is 2. The maximum atomic E-state index is 11.6. The molecule has 0 saturated heterocycles. The summed E-state index contributed by atoms with van der Waals surface area (Å²) in [7, 11) is 0. The largest absolute Gasteiger partial charge is 0.481 e. The lowest BCUT2D eigenvalue weighted by Crippen LogP contribution is -2.40. The predicted molar refractivity (Wildman–Crippen MR) is 83.2 cm³/mol. The molecule has 21 heavy (non-hydrogen) atoms. The van der Waals surface area contributed by atoms with Gasteiger partial charge in [0, 0.05) is 13.1 Å². The fourth-order valence-electron chi connectivity index (χ4n) is 3.00. The lowest BCUT2D eigenvalue weighted by Gasteiger charge is -2.16.